The van der Waals surface area contributed by atoms with Crippen molar-refractivity contribution in [1.29, 1.82) is 0 Å². The number of hydrogen-bond acceptors (Lipinski definition) is 2. The smallest absolute Gasteiger partial charge is 0.0574 e. The van der Waals surface area contributed by atoms with E-state index in [-0.39, 0.29) is 6.10 Å². The van der Waals surface area contributed by atoms with Gasteiger partial charge in [0.2, 0.25) is 0 Å². The summed E-state index contributed by atoms with van der Waals surface area (Å²) in [7, 11) is 1.80. The number of ether oxygens (including phenoxy) is 1. The number of rotatable bonds is 4. The Morgan fingerprint density at radius 3 is 2.64 bits per heavy atom. The normalized spacial score (nSPS) is 32.6. The Bertz CT molecular complexity index is 156. The highest BCUT2D eigenvalue weighted by Gasteiger charge is 2.29. The summed E-state index contributed by atoms with van der Waals surface area (Å²) in [5.41, 5.74) is 0. The lowest BCUT2D eigenvalue weighted by Crippen LogP contribution is -2.31. The molecular weight excluding hydrogens is 176 g/mol. The third-order valence-corrected chi connectivity index (χ3v) is 3.70. The Kier molecular flexibility index (Phi) is 4.90. The Morgan fingerprint density at radius 2 is 2.14 bits per heavy atom. The monoisotopic (exact) mass is 200 g/mol. The summed E-state index contributed by atoms with van der Waals surface area (Å²) >= 11 is 0. The van der Waals surface area contributed by atoms with E-state index in [1.807, 2.05) is 6.92 Å². The number of hydrogen-bond donors (Lipinski definition) is 1. The zero-order chi connectivity index (χ0) is 10.6. The SMILES string of the molecule is CCC(C(C)O)C1CCCC(OC)C1. The number of methoxy groups -OCH3 is 1. The first-order valence-corrected chi connectivity index (χ1v) is 5.89. The molecule has 4 unspecified atom stereocenters. The third kappa shape index (κ3) is 2.96. The van der Waals surface area contributed by atoms with Crippen molar-refractivity contribution in [2.75, 3.05) is 7.11 Å². The van der Waals surface area contributed by atoms with Gasteiger partial charge in [0.15, 0.2) is 0 Å². The molecule has 1 fully saturated rings. The predicted molar refractivity (Wildman–Crippen MR) is 58.2 cm³/mol. The molecule has 0 aromatic carbocycles. The molecule has 1 saturated carbocycles. The van der Waals surface area contributed by atoms with Gasteiger partial charge in [0.05, 0.1) is 12.2 Å². The van der Waals surface area contributed by atoms with E-state index in [9.17, 15) is 5.11 Å². The van der Waals surface area contributed by atoms with Crippen molar-refractivity contribution in [3.05, 3.63) is 0 Å². The van der Waals surface area contributed by atoms with Crippen molar-refractivity contribution >= 4 is 0 Å². The molecule has 1 aliphatic rings. The molecule has 0 aromatic heterocycles. The molecule has 2 nitrogen and oxygen atoms in total. The Hall–Kier alpha value is -0.0800. The summed E-state index contributed by atoms with van der Waals surface area (Å²) < 4.78 is 5.41. The van der Waals surface area contributed by atoms with E-state index in [0.717, 1.165) is 12.8 Å². The van der Waals surface area contributed by atoms with Crippen LogP contribution >= 0.6 is 0 Å². The number of aliphatic hydroxyl groups excluding tert-OH is 1. The van der Waals surface area contributed by atoms with Gasteiger partial charge in [0.25, 0.3) is 0 Å². The fourth-order valence-electron chi connectivity index (χ4n) is 2.85. The lowest BCUT2D eigenvalue weighted by molar-refractivity contribution is 0.00760. The Labute approximate surface area is 87.7 Å². The molecule has 1 N–H and O–H groups in total. The fraction of sp³-hybridized carbons (Fsp3) is 1.00. The summed E-state index contributed by atoms with van der Waals surface area (Å²) in [6.45, 7) is 4.10. The standard InChI is InChI=1S/C12H24O2/c1-4-12(9(2)13)10-6-5-7-11(8-10)14-3/h9-13H,4-8H2,1-3H3. The zero-order valence-electron chi connectivity index (χ0n) is 9.70. The maximum absolute atomic E-state index is 9.68. The Morgan fingerprint density at radius 1 is 1.43 bits per heavy atom. The molecule has 14 heavy (non-hydrogen) atoms. The van der Waals surface area contributed by atoms with Crippen LogP contribution in [0.4, 0.5) is 0 Å². The molecular formula is C12H24O2. The van der Waals surface area contributed by atoms with Gasteiger partial charge in [-0.2, -0.15) is 0 Å². The molecule has 0 bridgehead atoms. The van der Waals surface area contributed by atoms with Crippen LogP contribution < -0.4 is 0 Å². The van der Waals surface area contributed by atoms with Crippen molar-refractivity contribution < 1.29 is 9.84 Å². The molecule has 2 heteroatoms. The summed E-state index contributed by atoms with van der Waals surface area (Å²) in [4.78, 5) is 0. The van der Waals surface area contributed by atoms with Crippen molar-refractivity contribution in [2.24, 2.45) is 11.8 Å². The molecule has 0 aromatic rings. The average molecular weight is 200 g/mol. The fourth-order valence-corrected chi connectivity index (χ4v) is 2.85. The molecule has 0 saturated heterocycles. The van der Waals surface area contributed by atoms with Gasteiger partial charge < -0.3 is 9.84 Å². The maximum atomic E-state index is 9.68. The van der Waals surface area contributed by atoms with Gasteiger partial charge in [-0.05, 0) is 38.0 Å². The van der Waals surface area contributed by atoms with Crippen LogP contribution in [0.5, 0.6) is 0 Å². The average Bonchev–Trinajstić information content (AvgIpc) is 2.19. The lowest BCUT2D eigenvalue weighted by Gasteiger charge is -2.35. The van der Waals surface area contributed by atoms with Crippen LogP contribution in [0.15, 0.2) is 0 Å². The highest BCUT2D eigenvalue weighted by molar-refractivity contribution is 4.80. The van der Waals surface area contributed by atoms with Crippen LogP contribution in [0.2, 0.25) is 0 Å². The molecule has 0 spiro atoms. The van der Waals surface area contributed by atoms with E-state index < -0.39 is 0 Å². The predicted octanol–water partition coefficient (Wildman–Crippen LogP) is 2.60. The van der Waals surface area contributed by atoms with Crippen molar-refractivity contribution in [3.8, 4) is 0 Å². The van der Waals surface area contributed by atoms with Crippen molar-refractivity contribution in [1.82, 2.24) is 0 Å². The van der Waals surface area contributed by atoms with Gasteiger partial charge in [-0.15, -0.1) is 0 Å². The quantitative estimate of drug-likeness (QED) is 0.756. The summed E-state index contributed by atoms with van der Waals surface area (Å²) in [5, 5.41) is 9.68. The maximum Gasteiger partial charge on any atom is 0.0574 e. The summed E-state index contributed by atoms with van der Waals surface area (Å²) in [6, 6.07) is 0. The largest absolute Gasteiger partial charge is 0.393 e. The summed E-state index contributed by atoms with van der Waals surface area (Å²) in [6.07, 6.45) is 6.21. The first-order chi connectivity index (χ1) is 6.69. The van der Waals surface area contributed by atoms with Gasteiger partial charge in [-0.1, -0.05) is 19.8 Å². The second kappa shape index (κ2) is 5.72. The van der Waals surface area contributed by atoms with Gasteiger partial charge in [0.1, 0.15) is 0 Å². The minimum absolute atomic E-state index is 0.166. The minimum atomic E-state index is -0.166. The van der Waals surface area contributed by atoms with Crippen LogP contribution in [0.1, 0.15) is 46.0 Å². The van der Waals surface area contributed by atoms with Gasteiger partial charge >= 0.3 is 0 Å². The van der Waals surface area contributed by atoms with Gasteiger partial charge in [-0.3, -0.25) is 0 Å². The van der Waals surface area contributed by atoms with Crippen LogP contribution in [0.25, 0.3) is 0 Å². The second-order valence-corrected chi connectivity index (χ2v) is 4.60. The highest BCUT2D eigenvalue weighted by Crippen LogP contribution is 2.34. The van der Waals surface area contributed by atoms with E-state index >= 15 is 0 Å². The van der Waals surface area contributed by atoms with E-state index in [1.165, 1.54) is 19.3 Å². The minimum Gasteiger partial charge on any atom is -0.393 e. The third-order valence-electron chi connectivity index (χ3n) is 3.70. The zero-order valence-corrected chi connectivity index (χ0v) is 9.70. The second-order valence-electron chi connectivity index (χ2n) is 4.60. The molecule has 84 valence electrons. The highest BCUT2D eigenvalue weighted by atomic mass is 16.5. The lowest BCUT2D eigenvalue weighted by atomic mass is 9.75. The van der Waals surface area contributed by atoms with Crippen molar-refractivity contribution in [2.45, 2.75) is 58.2 Å². The van der Waals surface area contributed by atoms with Crippen molar-refractivity contribution in [3.63, 3.8) is 0 Å². The van der Waals surface area contributed by atoms with Gasteiger partial charge in [0, 0.05) is 7.11 Å². The van der Waals surface area contributed by atoms with Crippen LogP contribution in [-0.4, -0.2) is 24.4 Å². The van der Waals surface area contributed by atoms with E-state index in [0.29, 0.717) is 17.9 Å². The van der Waals surface area contributed by atoms with E-state index in [2.05, 4.69) is 6.92 Å². The van der Waals surface area contributed by atoms with E-state index in [1.54, 1.807) is 7.11 Å². The van der Waals surface area contributed by atoms with E-state index in [4.69, 9.17) is 4.74 Å². The van der Waals surface area contributed by atoms with Crippen LogP contribution in [-0.2, 0) is 4.74 Å². The topological polar surface area (TPSA) is 29.5 Å². The van der Waals surface area contributed by atoms with Crippen LogP contribution in [0.3, 0.4) is 0 Å². The molecule has 1 aliphatic carbocycles. The summed E-state index contributed by atoms with van der Waals surface area (Å²) in [5.74, 6) is 1.13. The molecule has 0 amide bonds. The molecule has 1 rings (SSSR count). The first-order valence-electron chi connectivity index (χ1n) is 5.89. The molecule has 0 radical (unpaired) electrons. The van der Waals surface area contributed by atoms with Gasteiger partial charge in [-0.25, -0.2) is 0 Å². The molecule has 0 aliphatic heterocycles. The number of aliphatic hydroxyl groups is 1. The molecule has 4 atom stereocenters. The first kappa shape index (κ1) is 12.0. The van der Waals surface area contributed by atoms with Crippen LogP contribution in [0, 0.1) is 11.8 Å². The molecule has 0 heterocycles. The Balaban J connectivity index is 2.48.